The number of ether oxygens (including phenoxy) is 2. The number of fused-ring (bicyclic) bond motifs is 1. The van der Waals surface area contributed by atoms with Gasteiger partial charge in [0.05, 0.1) is 5.92 Å². The monoisotopic (exact) mass is 353 g/mol. The van der Waals surface area contributed by atoms with Crippen LogP contribution in [0.4, 0.5) is 0 Å². The Morgan fingerprint density at radius 1 is 1.04 bits per heavy atom. The topological polar surface area (TPSA) is 47.6 Å². The van der Waals surface area contributed by atoms with Gasteiger partial charge < -0.3 is 14.8 Å². The SMILES string of the molecule is CC(C(=O)NCc1ccc(C(C)(C)C)cc1)c1ccc2c(c1)OCCO2. The van der Waals surface area contributed by atoms with Crippen molar-refractivity contribution in [3.63, 3.8) is 0 Å². The summed E-state index contributed by atoms with van der Waals surface area (Å²) >= 11 is 0. The van der Waals surface area contributed by atoms with Crippen LogP contribution in [-0.2, 0) is 16.8 Å². The summed E-state index contributed by atoms with van der Waals surface area (Å²) in [5, 5.41) is 3.02. The van der Waals surface area contributed by atoms with Crippen LogP contribution < -0.4 is 14.8 Å². The summed E-state index contributed by atoms with van der Waals surface area (Å²) in [6.45, 7) is 10.1. The average molecular weight is 353 g/mol. The second kappa shape index (κ2) is 7.40. The third kappa shape index (κ3) is 4.18. The van der Waals surface area contributed by atoms with E-state index in [0.29, 0.717) is 25.5 Å². The summed E-state index contributed by atoms with van der Waals surface area (Å²) in [6.07, 6.45) is 0. The van der Waals surface area contributed by atoms with Gasteiger partial charge in [0.15, 0.2) is 11.5 Å². The quantitative estimate of drug-likeness (QED) is 0.897. The molecule has 1 aliphatic rings. The van der Waals surface area contributed by atoms with Crippen molar-refractivity contribution in [1.29, 1.82) is 0 Å². The highest BCUT2D eigenvalue weighted by atomic mass is 16.6. The lowest BCUT2D eigenvalue weighted by atomic mass is 9.87. The minimum Gasteiger partial charge on any atom is -0.486 e. The average Bonchev–Trinajstić information content (AvgIpc) is 2.64. The van der Waals surface area contributed by atoms with E-state index < -0.39 is 0 Å². The normalized spacial score (nSPS) is 14.6. The highest BCUT2D eigenvalue weighted by Gasteiger charge is 2.19. The van der Waals surface area contributed by atoms with Crippen LogP contribution in [0.3, 0.4) is 0 Å². The van der Waals surface area contributed by atoms with Crippen LogP contribution in [0.5, 0.6) is 11.5 Å². The van der Waals surface area contributed by atoms with Crippen molar-refractivity contribution in [3.05, 3.63) is 59.2 Å². The first-order chi connectivity index (χ1) is 12.3. The summed E-state index contributed by atoms with van der Waals surface area (Å²) in [7, 11) is 0. The van der Waals surface area contributed by atoms with Crippen LogP contribution in [0, 0.1) is 0 Å². The lowest BCUT2D eigenvalue weighted by Crippen LogP contribution is -2.27. The van der Waals surface area contributed by atoms with Gasteiger partial charge in [-0.15, -0.1) is 0 Å². The van der Waals surface area contributed by atoms with Crippen molar-refractivity contribution >= 4 is 5.91 Å². The molecule has 1 aliphatic heterocycles. The molecule has 138 valence electrons. The summed E-state index contributed by atoms with van der Waals surface area (Å²) in [5.41, 5.74) is 3.45. The Hall–Kier alpha value is -2.49. The van der Waals surface area contributed by atoms with E-state index in [1.54, 1.807) is 0 Å². The van der Waals surface area contributed by atoms with Gasteiger partial charge in [-0.05, 0) is 41.2 Å². The van der Waals surface area contributed by atoms with Crippen LogP contribution >= 0.6 is 0 Å². The van der Waals surface area contributed by atoms with Crippen molar-refractivity contribution in [3.8, 4) is 11.5 Å². The summed E-state index contributed by atoms with van der Waals surface area (Å²) < 4.78 is 11.1. The number of rotatable bonds is 4. The first kappa shape index (κ1) is 18.3. The van der Waals surface area contributed by atoms with Crippen LogP contribution in [0.1, 0.15) is 50.3 Å². The zero-order chi connectivity index (χ0) is 18.7. The van der Waals surface area contributed by atoms with Gasteiger partial charge in [-0.25, -0.2) is 0 Å². The van der Waals surface area contributed by atoms with Crippen molar-refractivity contribution in [2.45, 2.75) is 45.6 Å². The molecule has 0 radical (unpaired) electrons. The zero-order valence-corrected chi connectivity index (χ0v) is 16.0. The maximum atomic E-state index is 12.5. The Kier molecular flexibility index (Phi) is 5.21. The third-order valence-electron chi connectivity index (χ3n) is 4.75. The highest BCUT2D eigenvalue weighted by molar-refractivity contribution is 5.83. The fourth-order valence-electron chi connectivity index (χ4n) is 2.95. The predicted molar refractivity (Wildman–Crippen MR) is 103 cm³/mol. The molecule has 2 aromatic rings. The molecule has 1 N–H and O–H groups in total. The molecule has 3 rings (SSSR count). The number of benzene rings is 2. The van der Waals surface area contributed by atoms with Gasteiger partial charge in [0.25, 0.3) is 0 Å². The Morgan fingerprint density at radius 3 is 2.35 bits per heavy atom. The summed E-state index contributed by atoms with van der Waals surface area (Å²) in [5.74, 6) is 1.21. The molecule has 1 amide bonds. The van der Waals surface area contributed by atoms with E-state index in [9.17, 15) is 4.79 Å². The Balaban J connectivity index is 1.61. The fraction of sp³-hybridized carbons (Fsp3) is 0.409. The van der Waals surface area contributed by atoms with E-state index in [0.717, 1.165) is 16.9 Å². The molecule has 2 aromatic carbocycles. The van der Waals surface area contributed by atoms with Gasteiger partial charge in [0.2, 0.25) is 5.91 Å². The molecule has 0 aromatic heterocycles. The molecule has 0 saturated carbocycles. The molecule has 26 heavy (non-hydrogen) atoms. The molecule has 0 fully saturated rings. The number of hydrogen-bond acceptors (Lipinski definition) is 3. The number of carbonyl (C=O) groups excluding carboxylic acids is 1. The first-order valence-electron chi connectivity index (χ1n) is 9.11. The molecule has 1 heterocycles. The van der Waals surface area contributed by atoms with Gasteiger partial charge in [0, 0.05) is 6.54 Å². The van der Waals surface area contributed by atoms with Crippen molar-refractivity contribution in [2.24, 2.45) is 0 Å². The Morgan fingerprint density at radius 2 is 1.69 bits per heavy atom. The van der Waals surface area contributed by atoms with E-state index >= 15 is 0 Å². The maximum Gasteiger partial charge on any atom is 0.227 e. The second-order valence-electron chi connectivity index (χ2n) is 7.79. The minimum absolute atomic E-state index is 0.00146. The summed E-state index contributed by atoms with van der Waals surface area (Å²) in [4.78, 5) is 12.5. The number of nitrogens with one attached hydrogen (secondary N) is 1. The smallest absolute Gasteiger partial charge is 0.227 e. The molecule has 4 heteroatoms. The van der Waals surface area contributed by atoms with Gasteiger partial charge in [0.1, 0.15) is 13.2 Å². The van der Waals surface area contributed by atoms with Gasteiger partial charge in [-0.2, -0.15) is 0 Å². The largest absolute Gasteiger partial charge is 0.486 e. The van der Waals surface area contributed by atoms with Crippen molar-refractivity contribution in [1.82, 2.24) is 5.32 Å². The number of carbonyl (C=O) groups is 1. The standard InChI is InChI=1S/C22H27NO3/c1-15(17-7-10-19-20(13-17)26-12-11-25-19)21(24)23-14-16-5-8-18(9-6-16)22(2,3)4/h5-10,13,15H,11-12,14H2,1-4H3,(H,23,24). The number of hydrogen-bond donors (Lipinski definition) is 1. The lowest BCUT2D eigenvalue weighted by molar-refractivity contribution is -0.122. The fourth-order valence-corrected chi connectivity index (χ4v) is 2.95. The van der Waals surface area contributed by atoms with Crippen LogP contribution in [0.25, 0.3) is 0 Å². The molecule has 4 nitrogen and oxygen atoms in total. The zero-order valence-electron chi connectivity index (χ0n) is 16.0. The van der Waals surface area contributed by atoms with Crippen molar-refractivity contribution < 1.29 is 14.3 Å². The van der Waals surface area contributed by atoms with Gasteiger partial charge >= 0.3 is 0 Å². The van der Waals surface area contributed by atoms with Crippen LogP contribution in [-0.4, -0.2) is 19.1 Å². The Labute approximate surface area is 155 Å². The van der Waals surface area contributed by atoms with Crippen molar-refractivity contribution in [2.75, 3.05) is 13.2 Å². The molecule has 0 spiro atoms. The third-order valence-corrected chi connectivity index (χ3v) is 4.75. The lowest BCUT2D eigenvalue weighted by Gasteiger charge is -2.21. The summed E-state index contributed by atoms with van der Waals surface area (Å²) in [6, 6.07) is 14.1. The molecule has 0 saturated heterocycles. The molecular formula is C22H27NO3. The maximum absolute atomic E-state index is 12.5. The van der Waals surface area contributed by atoms with Gasteiger partial charge in [-0.1, -0.05) is 51.1 Å². The van der Waals surface area contributed by atoms with Crippen LogP contribution in [0.15, 0.2) is 42.5 Å². The van der Waals surface area contributed by atoms with E-state index in [1.165, 1.54) is 5.56 Å². The van der Waals surface area contributed by atoms with E-state index in [2.05, 4.69) is 50.4 Å². The first-order valence-corrected chi connectivity index (χ1v) is 9.11. The van der Waals surface area contributed by atoms with E-state index in [-0.39, 0.29) is 17.2 Å². The minimum atomic E-state index is -0.250. The molecular weight excluding hydrogens is 326 g/mol. The molecule has 1 unspecified atom stereocenters. The number of amides is 1. The van der Waals surface area contributed by atoms with E-state index in [4.69, 9.17) is 9.47 Å². The molecule has 1 atom stereocenters. The molecule has 0 aliphatic carbocycles. The Bertz CT molecular complexity index is 775. The molecule has 0 bridgehead atoms. The highest BCUT2D eigenvalue weighted by Crippen LogP contribution is 2.33. The van der Waals surface area contributed by atoms with E-state index in [1.807, 2.05) is 25.1 Å². The predicted octanol–water partition coefficient (Wildman–Crippen LogP) is 4.18. The van der Waals surface area contributed by atoms with Gasteiger partial charge in [-0.3, -0.25) is 4.79 Å². The van der Waals surface area contributed by atoms with Crippen LogP contribution in [0.2, 0.25) is 0 Å². The second-order valence-corrected chi connectivity index (χ2v) is 7.79.